The summed E-state index contributed by atoms with van der Waals surface area (Å²) in [6.07, 6.45) is 4.44. The number of nitrogens with zero attached hydrogens (tertiary/aromatic N) is 1. The van der Waals surface area contributed by atoms with E-state index in [1.54, 1.807) is 12.2 Å². The summed E-state index contributed by atoms with van der Waals surface area (Å²) in [5, 5.41) is 9.49. The molecule has 0 aromatic heterocycles. The molecule has 0 saturated heterocycles. The molecule has 28 heavy (non-hydrogen) atoms. The van der Waals surface area contributed by atoms with Gasteiger partial charge in [0.15, 0.2) is 5.76 Å². The van der Waals surface area contributed by atoms with Crippen molar-refractivity contribution in [3.63, 3.8) is 0 Å². The number of unbranched alkanes of at least 4 members (excludes halogenated alkanes) is 2. The number of hydrogen-bond donors (Lipinski definition) is 1. The van der Waals surface area contributed by atoms with Crippen LogP contribution in [0.1, 0.15) is 38.2 Å². The average Bonchev–Trinajstić information content (AvgIpc) is 2.63. The highest BCUT2D eigenvalue weighted by Crippen LogP contribution is 2.36. The second-order valence-electron chi connectivity index (χ2n) is 6.40. The zero-order valence-electron chi connectivity index (χ0n) is 15.7. The lowest BCUT2D eigenvalue weighted by atomic mass is 10.1. The molecular weight excluding hydrogens is 391 g/mol. The molecule has 1 N–H and O–H groups in total. The van der Waals surface area contributed by atoms with Gasteiger partial charge in [-0.1, -0.05) is 38.0 Å². The molecule has 0 aliphatic carbocycles. The van der Waals surface area contributed by atoms with Crippen molar-refractivity contribution in [1.82, 2.24) is 4.90 Å². The molecule has 0 saturated carbocycles. The van der Waals surface area contributed by atoms with Gasteiger partial charge in [0, 0.05) is 30.8 Å². The van der Waals surface area contributed by atoms with Crippen LogP contribution in [0.3, 0.4) is 0 Å². The van der Waals surface area contributed by atoms with Gasteiger partial charge in [-0.05, 0) is 24.6 Å². The Hall–Kier alpha value is -2.09. The van der Waals surface area contributed by atoms with E-state index in [9.17, 15) is 18.0 Å². The number of alkyl halides is 2. The number of benzene rings is 1. The van der Waals surface area contributed by atoms with E-state index >= 15 is 0 Å². The monoisotopic (exact) mass is 415 g/mol. The maximum absolute atomic E-state index is 14.4. The third-order valence-electron chi connectivity index (χ3n) is 4.24. The van der Waals surface area contributed by atoms with Crippen molar-refractivity contribution >= 4 is 17.9 Å². The van der Waals surface area contributed by atoms with Gasteiger partial charge in [0.05, 0.1) is 0 Å². The quantitative estimate of drug-likeness (QED) is 0.377. The molecule has 0 bridgehead atoms. The van der Waals surface area contributed by atoms with Crippen molar-refractivity contribution in [2.45, 2.75) is 38.5 Å². The minimum atomic E-state index is -3.10. The summed E-state index contributed by atoms with van der Waals surface area (Å²) in [7, 11) is 0. The molecule has 1 aliphatic rings. The molecule has 2 rings (SSSR count). The van der Waals surface area contributed by atoms with Gasteiger partial charge >= 0.3 is 6.16 Å². The maximum atomic E-state index is 14.4. The number of rotatable bonds is 10. The van der Waals surface area contributed by atoms with Crippen LogP contribution in [0, 0.1) is 5.82 Å². The number of thioether (sulfide) groups is 1. The second kappa shape index (κ2) is 10.5. The molecule has 4 nitrogen and oxygen atoms in total. The zero-order chi connectivity index (χ0) is 20.6. The van der Waals surface area contributed by atoms with E-state index in [2.05, 4.69) is 6.92 Å². The topological polar surface area (TPSA) is 49.8 Å². The normalized spacial score (nSPS) is 14.5. The number of ether oxygens (including phenoxy) is 1. The fraction of sp³-hybridized carbons (Fsp3) is 0.450. The molecule has 0 atom stereocenters. The van der Waals surface area contributed by atoms with E-state index in [1.807, 2.05) is 4.90 Å². The highest BCUT2D eigenvalue weighted by atomic mass is 32.2. The van der Waals surface area contributed by atoms with Gasteiger partial charge in [-0.25, -0.2) is 18.0 Å². The van der Waals surface area contributed by atoms with E-state index in [0.29, 0.717) is 18.1 Å². The van der Waals surface area contributed by atoms with E-state index in [0.717, 1.165) is 55.3 Å². The van der Waals surface area contributed by atoms with Crippen LogP contribution in [-0.4, -0.2) is 35.0 Å². The van der Waals surface area contributed by atoms with Gasteiger partial charge < -0.3 is 14.7 Å². The fourth-order valence-corrected chi connectivity index (χ4v) is 3.94. The Balaban J connectivity index is 2.06. The Morgan fingerprint density at radius 3 is 2.64 bits per heavy atom. The third kappa shape index (κ3) is 6.51. The lowest BCUT2D eigenvalue weighted by Gasteiger charge is -2.30. The molecule has 1 heterocycles. The van der Waals surface area contributed by atoms with Crippen molar-refractivity contribution in [2.75, 3.05) is 18.8 Å². The molecule has 8 heteroatoms. The van der Waals surface area contributed by atoms with Crippen molar-refractivity contribution in [2.24, 2.45) is 0 Å². The fourth-order valence-electron chi connectivity index (χ4n) is 2.79. The first-order chi connectivity index (χ1) is 13.3. The Morgan fingerprint density at radius 1 is 1.29 bits per heavy atom. The van der Waals surface area contributed by atoms with E-state index in [-0.39, 0.29) is 17.1 Å². The summed E-state index contributed by atoms with van der Waals surface area (Å²) >= 11 is 1.15. The summed E-state index contributed by atoms with van der Waals surface area (Å²) in [6.45, 7) is 3.35. The molecule has 1 aromatic rings. The van der Waals surface area contributed by atoms with Gasteiger partial charge in [0.1, 0.15) is 10.8 Å². The lowest BCUT2D eigenvalue weighted by Crippen LogP contribution is -2.28. The predicted octanol–water partition coefficient (Wildman–Crippen LogP) is 5.97. The number of hydrogen-bond acceptors (Lipinski definition) is 4. The molecule has 0 unspecified atom stereocenters. The zero-order valence-corrected chi connectivity index (χ0v) is 16.5. The molecule has 0 spiro atoms. The smallest absolute Gasteiger partial charge is 0.449 e. The highest BCUT2D eigenvalue weighted by Gasteiger charge is 2.31. The van der Waals surface area contributed by atoms with Gasteiger partial charge in [0.25, 0.3) is 5.92 Å². The lowest BCUT2D eigenvalue weighted by molar-refractivity contribution is -0.00708. The number of carbonyl (C=O) groups is 1. The molecule has 0 amide bonds. The molecule has 0 radical (unpaired) electrons. The molecular formula is C20H24F3NO3S. The van der Waals surface area contributed by atoms with Crippen LogP contribution in [-0.2, 0) is 10.7 Å². The Morgan fingerprint density at radius 2 is 2.00 bits per heavy atom. The van der Waals surface area contributed by atoms with Crippen molar-refractivity contribution in [3.8, 4) is 0 Å². The first-order valence-corrected chi connectivity index (χ1v) is 10.1. The minimum Gasteiger partial charge on any atom is -0.449 e. The second-order valence-corrected chi connectivity index (χ2v) is 7.49. The Bertz CT molecular complexity index is 720. The maximum Gasteiger partial charge on any atom is 0.511 e. The summed E-state index contributed by atoms with van der Waals surface area (Å²) in [5.74, 6) is -3.45. The van der Waals surface area contributed by atoms with Gasteiger partial charge in [0.2, 0.25) is 0 Å². The standard InChI is InChI=1S/C20H24F3NO3S/c1-2-3-4-12-24-13-5-6-17(27-19(25)26)18(24)28-14-11-20(22,23)15-7-9-16(21)10-8-15/h5-10H,2-4,11-14H2,1H3,(H,25,26). The largest absolute Gasteiger partial charge is 0.511 e. The highest BCUT2D eigenvalue weighted by molar-refractivity contribution is 8.03. The van der Waals surface area contributed by atoms with Crippen LogP contribution in [0.5, 0.6) is 0 Å². The SMILES string of the molecule is CCCCCN1CC=CC(OC(=O)O)=C1SCCC(F)(F)c1ccc(F)cc1. The minimum absolute atomic E-state index is 0.0598. The van der Waals surface area contributed by atoms with Crippen LogP contribution < -0.4 is 0 Å². The molecule has 1 aliphatic heterocycles. The summed E-state index contributed by atoms with van der Waals surface area (Å²) < 4.78 is 46.6. The number of carboxylic acid groups (broad SMARTS) is 1. The summed E-state index contributed by atoms with van der Waals surface area (Å²) in [6, 6.07) is 4.19. The number of halogens is 3. The van der Waals surface area contributed by atoms with Crippen molar-refractivity contribution < 1.29 is 27.8 Å². The van der Waals surface area contributed by atoms with E-state index in [1.165, 1.54) is 0 Å². The molecule has 154 valence electrons. The van der Waals surface area contributed by atoms with Gasteiger partial charge in [-0.15, -0.1) is 11.8 Å². The summed E-state index contributed by atoms with van der Waals surface area (Å²) in [4.78, 5) is 12.9. The number of allylic oxidation sites excluding steroid dienone is 1. The van der Waals surface area contributed by atoms with E-state index < -0.39 is 24.3 Å². The van der Waals surface area contributed by atoms with Crippen LogP contribution in [0.15, 0.2) is 47.2 Å². The van der Waals surface area contributed by atoms with Crippen LogP contribution in [0.25, 0.3) is 0 Å². The van der Waals surface area contributed by atoms with Gasteiger partial charge in [-0.2, -0.15) is 0 Å². The van der Waals surface area contributed by atoms with Crippen molar-refractivity contribution in [3.05, 3.63) is 58.6 Å². The third-order valence-corrected chi connectivity index (χ3v) is 5.38. The van der Waals surface area contributed by atoms with Crippen LogP contribution in [0.4, 0.5) is 18.0 Å². The predicted molar refractivity (Wildman–Crippen MR) is 104 cm³/mol. The van der Waals surface area contributed by atoms with Gasteiger partial charge in [-0.3, -0.25) is 0 Å². The first-order valence-electron chi connectivity index (χ1n) is 9.16. The average molecular weight is 415 g/mol. The van der Waals surface area contributed by atoms with E-state index in [4.69, 9.17) is 9.84 Å². The first kappa shape index (κ1) is 22.2. The Kier molecular flexibility index (Phi) is 8.29. The van der Waals surface area contributed by atoms with Crippen molar-refractivity contribution in [1.29, 1.82) is 0 Å². The van der Waals surface area contributed by atoms with Crippen LogP contribution in [0.2, 0.25) is 0 Å². The van der Waals surface area contributed by atoms with Crippen LogP contribution >= 0.6 is 11.8 Å². The Labute approximate surface area is 167 Å². The molecule has 1 aromatic carbocycles. The molecule has 0 fully saturated rings. The summed E-state index contributed by atoms with van der Waals surface area (Å²) in [5.41, 5.74) is -0.242.